The summed E-state index contributed by atoms with van der Waals surface area (Å²) in [5, 5.41) is 8.97. The van der Waals surface area contributed by atoms with E-state index in [1.165, 1.54) is 6.33 Å². The third-order valence-electron chi connectivity index (χ3n) is 8.01. The van der Waals surface area contributed by atoms with E-state index < -0.39 is 0 Å². The van der Waals surface area contributed by atoms with Crippen molar-refractivity contribution in [1.82, 2.24) is 19.5 Å². The van der Waals surface area contributed by atoms with Crippen molar-refractivity contribution < 1.29 is 19.0 Å². The number of hydrogen-bond donors (Lipinski definition) is 1. The fourth-order valence-corrected chi connectivity index (χ4v) is 5.32. The molecule has 0 atom stereocenters. The van der Waals surface area contributed by atoms with E-state index >= 15 is 0 Å². The molecule has 2 N–H and O–H groups in total. The summed E-state index contributed by atoms with van der Waals surface area (Å²) in [6.07, 6.45) is 6.71. The lowest BCUT2D eigenvalue weighted by molar-refractivity contribution is -0.134. The first-order valence-electron chi connectivity index (χ1n) is 16.2. The molecule has 0 unspecified atom stereocenters. The number of unbranched alkanes of at least 4 members (excludes halogenated alkanes) is 2. The third-order valence-corrected chi connectivity index (χ3v) is 8.01. The summed E-state index contributed by atoms with van der Waals surface area (Å²) in [6.45, 7) is 1.89. The normalized spacial score (nSPS) is 10.8. The standard InChI is InChI=1S/C39H36N6O4/c40-25-28-6-8-29(9-7-28)30-10-16-33(17-11-30)47-23-3-1-5-36(46)49-35-20-14-32(15-21-35)31-12-18-34(19-13-31)48-24-4-2-22-45-27-44-37-38(41)42-26-43-39(37)45/h6-21,26-27H,1-5,22-24H2,(H2,41,42,43). The predicted octanol–water partition coefficient (Wildman–Crippen LogP) is 7.63. The van der Waals surface area contributed by atoms with Crippen LogP contribution in [0.4, 0.5) is 5.82 Å². The molecule has 0 spiro atoms. The topological polar surface area (TPSA) is 138 Å². The van der Waals surface area contributed by atoms with Crippen LogP contribution in [0.25, 0.3) is 33.4 Å². The fourth-order valence-electron chi connectivity index (χ4n) is 5.32. The van der Waals surface area contributed by atoms with E-state index in [1.54, 1.807) is 18.5 Å². The molecule has 6 aromatic rings. The third kappa shape index (κ3) is 8.78. The highest BCUT2D eigenvalue weighted by Crippen LogP contribution is 2.26. The Kier molecular flexibility index (Phi) is 10.7. The van der Waals surface area contributed by atoms with E-state index in [9.17, 15) is 4.79 Å². The Morgan fingerprint density at radius 1 is 0.673 bits per heavy atom. The maximum absolute atomic E-state index is 12.4. The molecule has 6 rings (SSSR count). The second-order valence-electron chi connectivity index (χ2n) is 11.5. The van der Waals surface area contributed by atoms with Gasteiger partial charge in [-0.1, -0.05) is 48.5 Å². The van der Waals surface area contributed by atoms with E-state index in [-0.39, 0.29) is 5.97 Å². The van der Waals surface area contributed by atoms with Gasteiger partial charge in [-0.05, 0) is 96.5 Å². The van der Waals surface area contributed by atoms with E-state index in [2.05, 4.69) is 21.0 Å². The van der Waals surface area contributed by atoms with Gasteiger partial charge >= 0.3 is 5.97 Å². The Labute approximate surface area is 284 Å². The van der Waals surface area contributed by atoms with Crippen LogP contribution < -0.4 is 19.9 Å². The zero-order chi connectivity index (χ0) is 33.8. The van der Waals surface area contributed by atoms with Gasteiger partial charge < -0.3 is 24.5 Å². The number of nitrogens with zero attached hydrogens (tertiary/aromatic N) is 5. The number of aryl methyl sites for hydroxylation is 1. The number of imidazole rings is 1. The molecule has 4 aromatic carbocycles. The molecular weight excluding hydrogens is 616 g/mol. The number of anilines is 1. The van der Waals surface area contributed by atoms with Crippen molar-refractivity contribution in [2.75, 3.05) is 18.9 Å². The summed E-state index contributed by atoms with van der Waals surface area (Å²) >= 11 is 0. The average Bonchev–Trinajstić information content (AvgIpc) is 3.56. The molecule has 0 radical (unpaired) electrons. The van der Waals surface area contributed by atoms with Crippen molar-refractivity contribution in [2.45, 2.75) is 38.6 Å². The van der Waals surface area contributed by atoms with Crippen molar-refractivity contribution in [3.8, 4) is 45.6 Å². The lowest BCUT2D eigenvalue weighted by Gasteiger charge is -2.09. The van der Waals surface area contributed by atoms with Gasteiger partial charge in [0.1, 0.15) is 29.1 Å². The van der Waals surface area contributed by atoms with Crippen molar-refractivity contribution >= 4 is 23.0 Å². The predicted molar refractivity (Wildman–Crippen MR) is 188 cm³/mol. The van der Waals surface area contributed by atoms with Crippen LogP contribution in [0.3, 0.4) is 0 Å². The van der Waals surface area contributed by atoms with Crippen molar-refractivity contribution in [3.63, 3.8) is 0 Å². The molecule has 0 bridgehead atoms. The van der Waals surface area contributed by atoms with Crippen LogP contribution in [0, 0.1) is 11.3 Å². The minimum Gasteiger partial charge on any atom is -0.494 e. The molecule has 246 valence electrons. The van der Waals surface area contributed by atoms with Gasteiger partial charge in [-0.2, -0.15) is 5.26 Å². The molecule has 0 fully saturated rings. The molecule has 0 aliphatic heterocycles. The van der Waals surface area contributed by atoms with Crippen molar-refractivity contribution in [1.29, 1.82) is 5.26 Å². The lowest BCUT2D eigenvalue weighted by atomic mass is 10.0. The van der Waals surface area contributed by atoms with E-state index in [0.717, 1.165) is 65.2 Å². The summed E-state index contributed by atoms with van der Waals surface area (Å²) in [5.74, 6) is 2.23. The van der Waals surface area contributed by atoms with Crippen LogP contribution in [0.1, 0.15) is 37.7 Å². The number of nitrogen functional groups attached to an aromatic ring is 1. The first-order chi connectivity index (χ1) is 24.1. The number of ether oxygens (including phenoxy) is 3. The molecule has 49 heavy (non-hydrogen) atoms. The molecule has 2 heterocycles. The Balaban J connectivity index is 0.861. The molecular formula is C39H36N6O4. The lowest BCUT2D eigenvalue weighted by Crippen LogP contribution is -2.08. The first-order valence-corrected chi connectivity index (χ1v) is 16.2. The summed E-state index contributed by atoms with van der Waals surface area (Å²) < 4.78 is 19.3. The van der Waals surface area contributed by atoms with Gasteiger partial charge in [0.15, 0.2) is 11.5 Å². The maximum atomic E-state index is 12.4. The number of fused-ring (bicyclic) bond motifs is 1. The van der Waals surface area contributed by atoms with Crippen LogP contribution in [0.5, 0.6) is 17.2 Å². The number of hydrogen-bond acceptors (Lipinski definition) is 9. The summed E-state index contributed by atoms with van der Waals surface area (Å²) in [7, 11) is 0. The molecule has 10 heteroatoms. The van der Waals surface area contributed by atoms with Crippen LogP contribution in [-0.2, 0) is 11.3 Å². The molecule has 0 aliphatic rings. The number of nitrogens with two attached hydrogens (primary N) is 1. The Bertz CT molecular complexity index is 2020. The second-order valence-corrected chi connectivity index (χ2v) is 11.5. The Hall–Kier alpha value is -6.21. The largest absolute Gasteiger partial charge is 0.494 e. The van der Waals surface area contributed by atoms with Gasteiger partial charge in [-0.3, -0.25) is 4.79 Å². The Morgan fingerprint density at radius 3 is 1.78 bits per heavy atom. The average molecular weight is 653 g/mol. The van der Waals surface area contributed by atoms with Gasteiger partial charge in [-0.15, -0.1) is 0 Å². The number of rotatable bonds is 15. The first kappa shape index (κ1) is 32.7. The monoisotopic (exact) mass is 652 g/mol. The van der Waals surface area contributed by atoms with Crippen LogP contribution in [0.15, 0.2) is 110 Å². The van der Waals surface area contributed by atoms with Crippen LogP contribution >= 0.6 is 0 Å². The van der Waals surface area contributed by atoms with Gasteiger partial charge in [0, 0.05) is 13.0 Å². The molecule has 0 saturated heterocycles. The number of nitriles is 1. The number of carbonyl (C=O) groups is 1. The summed E-state index contributed by atoms with van der Waals surface area (Å²) in [5.41, 5.74) is 12.0. The maximum Gasteiger partial charge on any atom is 0.311 e. The highest BCUT2D eigenvalue weighted by atomic mass is 16.5. The quantitative estimate of drug-likeness (QED) is 0.0674. The number of esters is 1. The van der Waals surface area contributed by atoms with Gasteiger partial charge in [-0.25, -0.2) is 15.0 Å². The fraction of sp³-hybridized carbons (Fsp3) is 0.205. The van der Waals surface area contributed by atoms with E-state index in [1.807, 2.05) is 89.5 Å². The molecule has 0 amide bonds. The SMILES string of the molecule is N#Cc1ccc(-c2ccc(OCCCCC(=O)Oc3ccc(-c4ccc(OCCCCn5cnc6c(N)ncnc65)cc4)cc3)cc2)cc1. The van der Waals surface area contributed by atoms with Crippen LogP contribution in [-0.4, -0.2) is 38.7 Å². The zero-order valence-electron chi connectivity index (χ0n) is 27.0. The second kappa shape index (κ2) is 16.1. The van der Waals surface area contributed by atoms with Crippen molar-refractivity contribution in [3.05, 3.63) is 115 Å². The van der Waals surface area contributed by atoms with Gasteiger partial charge in [0.2, 0.25) is 0 Å². The molecule has 0 aliphatic carbocycles. The minimum absolute atomic E-state index is 0.266. The zero-order valence-corrected chi connectivity index (χ0v) is 27.0. The number of carbonyl (C=O) groups excluding carboxylic acids is 1. The Morgan fingerprint density at radius 2 is 1.20 bits per heavy atom. The van der Waals surface area contributed by atoms with Crippen molar-refractivity contribution in [2.24, 2.45) is 0 Å². The van der Waals surface area contributed by atoms with Crippen LogP contribution in [0.2, 0.25) is 0 Å². The molecule has 10 nitrogen and oxygen atoms in total. The van der Waals surface area contributed by atoms with E-state index in [4.69, 9.17) is 25.2 Å². The minimum atomic E-state index is -0.266. The summed E-state index contributed by atoms with van der Waals surface area (Å²) in [6, 6.07) is 32.9. The number of aromatic nitrogens is 4. The number of benzene rings is 4. The smallest absolute Gasteiger partial charge is 0.311 e. The highest BCUT2D eigenvalue weighted by Gasteiger charge is 2.09. The summed E-state index contributed by atoms with van der Waals surface area (Å²) in [4.78, 5) is 25.0. The van der Waals surface area contributed by atoms with Gasteiger partial charge in [0.25, 0.3) is 0 Å². The van der Waals surface area contributed by atoms with E-state index in [0.29, 0.717) is 48.7 Å². The molecule has 0 saturated carbocycles. The highest BCUT2D eigenvalue weighted by molar-refractivity contribution is 5.81. The molecule has 2 aromatic heterocycles. The van der Waals surface area contributed by atoms with Gasteiger partial charge in [0.05, 0.1) is 31.2 Å².